The average molecular weight is 258 g/mol. The Balaban J connectivity index is 2.37. The van der Waals surface area contributed by atoms with Crippen molar-refractivity contribution in [3.05, 3.63) is 48.0 Å². The van der Waals surface area contributed by atoms with E-state index >= 15 is 0 Å². The van der Waals surface area contributed by atoms with Gasteiger partial charge in [-0.1, -0.05) is 6.92 Å². The van der Waals surface area contributed by atoms with Crippen LogP contribution in [0.2, 0.25) is 0 Å². The molecule has 0 saturated carbocycles. The van der Waals surface area contributed by atoms with E-state index in [2.05, 4.69) is 27.4 Å². The van der Waals surface area contributed by atoms with Crippen LogP contribution in [0.1, 0.15) is 30.6 Å². The molecule has 0 fully saturated rings. The molecule has 19 heavy (non-hydrogen) atoms. The third kappa shape index (κ3) is 3.26. The number of ether oxygens (including phenoxy) is 1. The molecule has 0 aromatic carbocycles. The van der Waals surface area contributed by atoms with E-state index in [1.165, 1.54) is 0 Å². The Bertz CT molecular complexity index is 504. The Morgan fingerprint density at radius 3 is 2.84 bits per heavy atom. The molecule has 1 atom stereocenters. The lowest BCUT2D eigenvalue weighted by atomic mass is 10.0. The highest BCUT2D eigenvalue weighted by Gasteiger charge is 2.19. The highest BCUT2D eigenvalue weighted by Crippen LogP contribution is 2.27. The predicted molar refractivity (Wildman–Crippen MR) is 73.0 cm³/mol. The van der Waals surface area contributed by atoms with Crippen molar-refractivity contribution in [1.82, 2.24) is 20.5 Å². The van der Waals surface area contributed by atoms with E-state index in [1.807, 2.05) is 18.2 Å². The molecule has 0 saturated heterocycles. The lowest BCUT2D eigenvalue weighted by molar-refractivity contribution is 0.399. The monoisotopic (exact) mass is 258 g/mol. The molecule has 2 aromatic rings. The van der Waals surface area contributed by atoms with Crippen LogP contribution in [0.5, 0.6) is 5.75 Å². The minimum atomic E-state index is -0.0356. The summed E-state index contributed by atoms with van der Waals surface area (Å²) < 4.78 is 5.39. The van der Waals surface area contributed by atoms with Gasteiger partial charge in [-0.25, -0.2) is 0 Å². The van der Waals surface area contributed by atoms with Crippen molar-refractivity contribution in [2.75, 3.05) is 13.7 Å². The van der Waals surface area contributed by atoms with Gasteiger partial charge in [-0.15, -0.1) is 0 Å². The van der Waals surface area contributed by atoms with Crippen molar-refractivity contribution >= 4 is 0 Å². The van der Waals surface area contributed by atoms with Crippen LogP contribution in [-0.2, 0) is 0 Å². The number of nitrogens with one attached hydrogen (secondary N) is 1. The Morgan fingerprint density at radius 2 is 2.16 bits per heavy atom. The van der Waals surface area contributed by atoms with Gasteiger partial charge in [0, 0.05) is 12.4 Å². The molecule has 2 heterocycles. The van der Waals surface area contributed by atoms with Crippen molar-refractivity contribution in [3.63, 3.8) is 0 Å². The smallest absolute Gasteiger partial charge is 0.142 e. The fourth-order valence-electron chi connectivity index (χ4n) is 1.92. The van der Waals surface area contributed by atoms with E-state index in [-0.39, 0.29) is 6.04 Å². The molecule has 2 rings (SSSR count). The number of methoxy groups -OCH3 is 1. The van der Waals surface area contributed by atoms with E-state index in [0.29, 0.717) is 0 Å². The SMILES string of the molecule is CCCNC(c1ccnnc1)c1ncccc1OC. The summed E-state index contributed by atoms with van der Waals surface area (Å²) in [7, 11) is 1.65. The normalized spacial score (nSPS) is 12.1. The number of hydrogen-bond donors (Lipinski definition) is 1. The van der Waals surface area contributed by atoms with Gasteiger partial charge in [0.15, 0.2) is 0 Å². The molecule has 0 aliphatic rings. The van der Waals surface area contributed by atoms with Crippen LogP contribution in [0.25, 0.3) is 0 Å². The first-order valence-corrected chi connectivity index (χ1v) is 6.35. The highest BCUT2D eigenvalue weighted by atomic mass is 16.5. The lowest BCUT2D eigenvalue weighted by Gasteiger charge is -2.19. The molecule has 0 aliphatic carbocycles. The molecule has 2 aromatic heterocycles. The first kappa shape index (κ1) is 13.4. The summed E-state index contributed by atoms with van der Waals surface area (Å²) in [4.78, 5) is 4.44. The number of pyridine rings is 1. The Kier molecular flexibility index (Phi) is 4.80. The minimum absolute atomic E-state index is 0.0356. The van der Waals surface area contributed by atoms with Gasteiger partial charge in [-0.3, -0.25) is 4.98 Å². The summed E-state index contributed by atoms with van der Waals surface area (Å²) in [6.07, 6.45) is 6.25. The second-order valence-electron chi connectivity index (χ2n) is 4.15. The maximum Gasteiger partial charge on any atom is 0.142 e. The second kappa shape index (κ2) is 6.80. The standard InChI is InChI=1S/C14H18N4O/c1-3-7-15-13(11-6-9-17-18-10-11)14-12(19-2)5-4-8-16-14/h4-6,8-10,13,15H,3,7H2,1-2H3. The number of nitrogens with zero attached hydrogens (tertiary/aromatic N) is 3. The number of rotatable bonds is 6. The quantitative estimate of drug-likeness (QED) is 0.858. The molecular formula is C14H18N4O. The zero-order chi connectivity index (χ0) is 13.5. The molecule has 0 aliphatic heterocycles. The highest BCUT2D eigenvalue weighted by molar-refractivity contribution is 5.35. The van der Waals surface area contributed by atoms with Crippen molar-refractivity contribution in [2.45, 2.75) is 19.4 Å². The van der Waals surface area contributed by atoms with E-state index in [4.69, 9.17) is 4.74 Å². The molecule has 0 bridgehead atoms. The molecule has 1 unspecified atom stereocenters. The lowest BCUT2D eigenvalue weighted by Crippen LogP contribution is -2.24. The first-order chi connectivity index (χ1) is 9.36. The fourth-order valence-corrected chi connectivity index (χ4v) is 1.92. The van der Waals surface area contributed by atoms with Crippen LogP contribution in [0.4, 0.5) is 0 Å². The van der Waals surface area contributed by atoms with Crippen LogP contribution in [0.3, 0.4) is 0 Å². The molecule has 5 heteroatoms. The molecule has 1 N–H and O–H groups in total. The maximum atomic E-state index is 5.39. The minimum Gasteiger partial charge on any atom is -0.495 e. The second-order valence-corrected chi connectivity index (χ2v) is 4.15. The predicted octanol–water partition coefficient (Wildman–Crippen LogP) is 1.97. The van der Waals surface area contributed by atoms with Gasteiger partial charge in [0.05, 0.1) is 19.3 Å². The number of aromatic nitrogens is 3. The summed E-state index contributed by atoms with van der Waals surface area (Å²) in [5.74, 6) is 0.771. The van der Waals surface area contributed by atoms with Gasteiger partial charge in [0.2, 0.25) is 0 Å². The summed E-state index contributed by atoms with van der Waals surface area (Å²) >= 11 is 0. The molecule has 0 amide bonds. The van der Waals surface area contributed by atoms with Crippen LogP contribution in [0.15, 0.2) is 36.8 Å². The van der Waals surface area contributed by atoms with Crippen LogP contribution >= 0.6 is 0 Å². The van der Waals surface area contributed by atoms with E-state index in [9.17, 15) is 0 Å². The van der Waals surface area contributed by atoms with Crippen LogP contribution < -0.4 is 10.1 Å². The summed E-state index contributed by atoms with van der Waals surface area (Å²) in [6.45, 7) is 3.03. The summed E-state index contributed by atoms with van der Waals surface area (Å²) in [5.41, 5.74) is 1.90. The average Bonchev–Trinajstić information content (AvgIpc) is 2.49. The zero-order valence-corrected chi connectivity index (χ0v) is 11.2. The third-order valence-corrected chi connectivity index (χ3v) is 2.83. The van der Waals surface area contributed by atoms with E-state index in [1.54, 1.807) is 25.7 Å². The fraction of sp³-hybridized carbons (Fsp3) is 0.357. The third-order valence-electron chi connectivity index (χ3n) is 2.83. The van der Waals surface area contributed by atoms with Crippen molar-refractivity contribution in [1.29, 1.82) is 0 Å². The summed E-state index contributed by atoms with van der Waals surface area (Å²) in [6, 6.07) is 5.68. The molecular weight excluding hydrogens is 240 g/mol. The maximum absolute atomic E-state index is 5.39. The molecule has 5 nitrogen and oxygen atoms in total. The van der Waals surface area contributed by atoms with Crippen molar-refractivity contribution in [2.24, 2.45) is 0 Å². The van der Waals surface area contributed by atoms with Gasteiger partial charge in [-0.05, 0) is 36.7 Å². The molecule has 0 spiro atoms. The summed E-state index contributed by atoms with van der Waals surface area (Å²) in [5, 5.41) is 11.2. The van der Waals surface area contributed by atoms with Gasteiger partial charge < -0.3 is 10.1 Å². The van der Waals surface area contributed by atoms with Gasteiger partial charge in [0.25, 0.3) is 0 Å². The first-order valence-electron chi connectivity index (χ1n) is 6.35. The van der Waals surface area contributed by atoms with Gasteiger partial charge in [0.1, 0.15) is 11.4 Å². The van der Waals surface area contributed by atoms with Crippen LogP contribution in [-0.4, -0.2) is 28.8 Å². The van der Waals surface area contributed by atoms with Crippen molar-refractivity contribution < 1.29 is 4.74 Å². The van der Waals surface area contributed by atoms with Crippen LogP contribution in [0, 0.1) is 0 Å². The van der Waals surface area contributed by atoms with Gasteiger partial charge in [-0.2, -0.15) is 10.2 Å². The Morgan fingerprint density at radius 1 is 1.26 bits per heavy atom. The molecule has 100 valence electrons. The Hall–Kier alpha value is -2.01. The van der Waals surface area contributed by atoms with E-state index < -0.39 is 0 Å². The number of hydrogen-bond acceptors (Lipinski definition) is 5. The zero-order valence-electron chi connectivity index (χ0n) is 11.2. The Labute approximate surface area is 113 Å². The van der Waals surface area contributed by atoms with E-state index in [0.717, 1.165) is 30.0 Å². The largest absolute Gasteiger partial charge is 0.495 e. The van der Waals surface area contributed by atoms with Gasteiger partial charge >= 0.3 is 0 Å². The topological polar surface area (TPSA) is 59.9 Å². The molecule has 0 radical (unpaired) electrons. The van der Waals surface area contributed by atoms with Crippen molar-refractivity contribution in [3.8, 4) is 5.75 Å².